The molecule has 0 N–H and O–H groups in total. The highest BCUT2D eigenvalue weighted by Crippen LogP contribution is 2.28. The fraction of sp³-hybridized carbons (Fsp3) is 0.750. The first-order valence-electron chi connectivity index (χ1n) is 7.41. The second-order valence-electron chi connectivity index (χ2n) is 5.33. The Morgan fingerprint density at radius 1 is 0.889 bits per heavy atom. The van der Waals surface area contributed by atoms with Gasteiger partial charge < -0.3 is 4.99 Å². The predicted molar refractivity (Wildman–Crippen MR) is 81.9 cm³/mol. The van der Waals surface area contributed by atoms with Crippen LogP contribution in [0.2, 0.25) is 0 Å². The fourth-order valence-electron chi connectivity index (χ4n) is 2.53. The minimum absolute atomic E-state index is 0.728. The smallest absolute Gasteiger partial charge is 0.0385 e. The molecule has 0 aliphatic heterocycles. The predicted octanol–water partition coefficient (Wildman–Crippen LogP) is 4.31. The number of unbranched alkanes of at least 4 members (excludes halogenated alkanes) is 3. The molecule has 0 amide bonds. The molecule has 0 atom stereocenters. The first-order chi connectivity index (χ1) is 8.86. The van der Waals surface area contributed by atoms with Crippen LogP contribution in [0.4, 0.5) is 0 Å². The summed E-state index contributed by atoms with van der Waals surface area (Å²) in [5, 5.41) is 0. The van der Waals surface area contributed by atoms with E-state index in [9.17, 15) is 0 Å². The molecule has 1 aliphatic carbocycles. The molecular formula is C16H28N2. The Balaban J connectivity index is 1.97. The van der Waals surface area contributed by atoms with Crippen LogP contribution < -0.4 is 0 Å². The van der Waals surface area contributed by atoms with E-state index in [1.54, 1.807) is 0 Å². The minimum atomic E-state index is 0.728. The minimum Gasteiger partial charge on any atom is -0.301 e. The van der Waals surface area contributed by atoms with Crippen LogP contribution >= 0.6 is 0 Å². The van der Waals surface area contributed by atoms with Crippen molar-refractivity contribution < 1.29 is 0 Å². The van der Waals surface area contributed by atoms with Crippen molar-refractivity contribution in [1.29, 1.82) is 0 Å². The summed E-state index contributed by atoms with van der Waals surface area (Å²) in [6, 6.07) is 0. The van der Waals surface area contributed by atoms with Crippen LogP contribution in [0.15, 0.2) is 22.6 Å². The molecule has 0 bridgehead atoms. The van der Waals surface area contributed by atoms with Crippen molar-refractivity contribution in [3.8, 4) is 0 Å². The summed E-state index contributed by atoms with van der Waals surface area (Å²) in [6.45, 7) is 9.29. The van der Waals surface area contributed by atoms with Gasteiger partial charge in [0.2, 0.25) is 0 Å². The van der Waals surface area contributed by atoms with Crippen LogP contribution in [0, 0.1) is 11.8 Å². The third kappa shape index (κ3) is 6.73. The van der Waals surface area contributed by atoms with Gasteiger partial charge in [-0.15, -0.1) is 6.58 Å². The van der Waals surface area contributed by atoms with E-state index in [2.05, 4.69) is 35.6 Å². The first-order valence-corrected chi connectivity index (χ1v) is 7.41. The van der Waals surface area contributed by atoms with E-state index < -0.39 is 0 Å². The molecule has 18 heavy (non-hydrogen) atoms. The molecule has 1 rings (SSSR count). The maximum absolute atomic E-state index is 4.58. The van der Waals surface area contributed by atoms with E-state index in [0.717, 1.165) is 24.9 Å². The molecule has 102 valence electrons. The standard InChI is InChI=1S/C16H28N2/c1-3-15-8-10-16(11-9-15)14-18-13-7-5-4-6-12-17-2/h3,14-16H,1-2,4-13H2. The van der Waals surface area contributed by atoms with Crippen LogP contribution in [-0.2, 0) is 0 Å². The monoisotopic (exact) mass is 248 g/mol. The van der Waals surface area contributed by atoms with Gasteiger partial charge in [0.05, 0.1) is 0 Å². The summed E-state index contributed by atoms with van der Waals surface area (Å²) < 4.78 is 0. The molecule has 0 radical (unpaired) electrons. The zero-order valence-electron chi connectivity index (χ0n) is 11.7. The highest BCUT2D eigenvalue weighted by molar-refractivity contribution is 5.60. The third-order valence-electron chi connectivity index (χ3n) is 3.82. The molecule has 0 spiro atoms. The lowest BCUT2D eigenvalue weighted by atomic mass is 9.83. The van der Waals surface area contributed by atoms with E-state index in [1.165, 1.54) is 51.4 Å². The topological polar surface area (TPSA) is 24.7 Å². The number of hydrogen-bond acceptors (Lipinski definition) is 2. The van der Waals surface area contributed by atoms with Crippen molar-refractivity contribution in [1.82, 2.24) is 0 Å². The van der Waals surface area contributed by atoms with Gasteiger partial charge in [0.1, 0.15) is 0 Å². The molecule has 0 aromatic carbocycles. The Kier molecular flexibility index (Phi) is 8.45. The van der Waals surface area contributed by atoms with Gasteiger partial charge in [0.15, 0.2) is 0 Å². The van der Waals surface area contributed by atoms with E-state index in [0.29, 0.717) is 0 Å². The van der Waals surface area contributed by atoms with Crippen LogP contribution in [0.25, 0.3) is 0 Å². The fourth-order valence-corrected chi connectivity index (χ4v) is 2.53. The molecule has 1 aliphatic rings. The number of hydrogen-bond donors (Lipinski definition) is 0. The van der Waals surface area contributed by atoms with Crippen LogP contribution in [0.5, 0.6) is 0 Å². The number of rotatable bonds is 9. The zero-order valence-corrected chi connectivity index (χ0v) is 11.7. The largest absolute Gasteiger partial charge is 0.301 e. The second-order valence-corrected chi connectivity index (χ2v) is 5.33. The van der Waals surface area contributed by atoms with Crippen molar-refractivity contribution in [2.45, 2.75) is 51.4 Å². The zero-order chi connectivity index (χ0) is 13.1. The SMILES string of the molecule is C=CC1CCC(C=NCCCCCCN=C)CC1. The van der Waals surface area contributed by atoms with Crippen molar-refractivity contribution in [2.75, 3.05) is 13.1 Å². The van der Waals surface area contributed by atoms with E-state index in [4.69, 9.17) is 0 Å². The molecule has 0 aromatic heterocycles. The van der Waals surface area contributed by atoms with Gasteiger partial charge >= 0.3 is 0 Å². The highest BCUT2D eigenvalue weighted by Gasteiger charge is 2.17. The molecule has 0 aromatic rings. The van der Waals surface area contributed by atoms with Gasteiger partial charge in [-0.1, -0.05) is 18.9 Å². The summed E-state index contributed by atoms with van der Waals surface area (Å²) in [4.78, 5) is 8.43. The molecular weight excluding hydrogens is 220 g/mol. The van der Waals surface area contributed by atoms with Crippen molar-refractivity contribution >= 4 is 12.9 Å². The lowest BCUT2D eigenvalue weighted by molar-refractivity contribution is 0.375. The average Bonchev–Trinajstić information content (AvgIpc) is 2.42. The van der Waals surface area contributed by atoms with E-state index in [1.807, 2.05) is 0 Å². The number of nitrogens with zero attached hydrogens (tertiary/aromatic N) is 2. The van der Waals surface area contributed by atoms with Gasteiger partial charge in [-0.3, -0.25) is 4.99 Å². The lowest BCUT2D eigenvalue weighted by Gasteiger charge is -2.23. The van der Waals surface area contributed by atoms with E-state index >= 15 is 0 Å². The molecule has 0 saturated heterocycles. The Morgan fingerprint density at radius 3 is 2.11 bits per heavy atom. The second kappa shape index (κ2) is 10.0. The van der Waals surface area contributed by atoms with E-state index in [-0.39, 0.29) is 0 Å². The van der Waals surface area contributed by atoms with Gasteiger partial charge in [0, 0.05) is 19.3 Å². The molecule has 2 heteroatoms. The quantitative estimate of drug-likeness (QED) is 0.330. The van der Waals surface area contributed by atoms with Gasteiger partial charge in [-0.25, -0.2) is 0 Å². The van der Waals surface area contributed by atoms with Gasteiger partial charge in [-0.05, 0) is 57.1 Å². The van der Waals surface area contributed by atoms with Gasteiger partial charge in [0.25, 0.3) is 0 Å². The summed E-state index contributed by atoms with van der Waals surface area (Å²) >= 11 is 0. The third-order valence-corrected chi connectivity index (χ3v) is 3.82. The summed E-state index contributed by atoms with van der Waals surface area (Å²) in [5.74, 6) is 1.49. The molecule has 2 nitrogen and oxygen atoms in total. The molecule has 0 unspecified atom stereocenters. The Hall–Kier alpha value is -0.920. The van der Waals surface area contributed by atoms with Crippen LogP contribution in [0.1, 0.15) is 51.4 Å². The molecule has 1 saturated carbocycles. The lowest BCUT2D eigenvalue weighted by Crippen LogP contribution is -2.13. The van der Waals surface area contributed by atoms with Crippen molar-refractivity contribution in [3.63, 3.8) is 0 Å². The van der Waals surface area contributed by atoms with Crippen molar-refractivity contribution in [3.05, 3.63) is 12.7 Å². The summed E-state index contributed by atoms with van der Waals surface area (Å²) in [5.41, 5.74) is 0. The Bertz CT molecular complexity index is 250. The number of aliphatic imine (C=N–C) groups is 2. The van der Waals surface area contributed by atoms with Gasteiger partial charge in [-0.2, -0.15) is 0 Å². The Labute approximate surface area is 112 Å². The number of allylic oxidation sites excluding steroid dienone is 1. The van der Waals surface area contributed by atoms with Crippen molar-refractivity contribution in [2.24, 2.45) is 21.8 Å². The average molecular weight is 248 g/mol. The Morgan fingerprint density at radius 2 is 1.50 bits per heavy atom. The van der Waals surface area contributed by atoms with Crippen LogP contribution in [0.3, 0.4) is 0 Å². The maximum atomic E-state index is 4.58. The van der Waals surface area contributed by atoms with Crippen LogP contribution in [-0.4, -0.2) is 26.0 Å². The highest BCUT2D eigenvalue weighted by atomic mass is 14.7. The normalized spacial score (nSPS) is 24.2. The maximum Gasteiger partial charge on any atom is 0.0385 e. The first kappa shape index (κ1) is 15.1. The molecule has 0 heterocycles. The summed E-state index contributed by atoms with van der Waals surface area (Å²) in [7, 11) is 0. The summed E-state index contributed by atoms with van der Waals surface area (Å²) in [6.07, 6.45) is 14.5. The molecule has 1 fully saturated rings.